The fourth-order valence-electron chi connectivity index (χ4n) is 0.246. The van der Waals surface area contributed by atoms with Gasteiger partial charge in [0.1, 0.15) is 0 Å². The summed E-state index contributed by atoms with van der Waals surface area (Å²) < 4.78 is 0. The maximum Gasteiger partial charge on any atom is 2.00 e. The number of rotatable bonds is 3. The zero-order valence-electron chi connectivity index (χ0n) is 4.85. The van der Waals surface area contributed by atoms with E-state index in [9.17, 15) is 19.8 Å². The zero-order valence-corrected chi connectivity index (χ0v) is 6.33. The molecule has 0 aliphatic heterocycles. The standard InChI is InChI=1S/C5H6O4.Ag/c1-3(5(8)9)2-4(6)7;/h1-2H2,(H,6,7)(H,8,9);/q;+2/p-2. The molecule has 0 heterocycles. The van der Waals surface area contributed by atoms with Crippen molar-refractivity contribution >= 4 is 11.9 Å². The van der Waals surface area contributed by atoms with Gasteiger partial charge in [-0.25, -0.2) is 0 Å². The predicted molar refractivity (Wildman–Crippen MR) is 23.8 cm³/mol. The molecule has 4 nitrogen and oxygen atoms in total. The molecule has 0 spiro atoms. The van der Waals surface area contributed by atoms with Gasteiger partial charge in [-0.15, -0.1) is 0 Å². The van der Waals surface area contributed by atoms with Gasteiger partial charge in [0.25, 0.3) is 0 Å². The summed E-state index contributed by atoms with van der Waals surface area (Å²) in [7, 11) is 0. The van der Waals surface area contributed by atoms with Crippen LogP contribution in [-0.2, 0) is 32.0 Å². The molecule has 0 unspecified atom stereocenters. The van der Waals surface area contributed by atoms with Crippen LogP contribution in [0, 0.1) is 0 Å². The van der Waals surface area contributed by atoms with Gasteiger partial charge in [-0.1, -0.05) is 6.58 Å². The smallest absolute Gasteiger partial charge is 0.550 e. The maximum absolute atomic E-state index is 9.73. The average molecular weight is 236 g/mol. The molecular weight excluding hydrogens is 232 g/mol. The molecule has 0 saturated carbocycles. The van der Waals surface area contributed by atoms with Gasteiger partial charge in [0.05, 0.1) is 5.97 Å². The van der Waals surface area contributed by atoms with E-state index in [2.05, 4.69) is 6.58 Å². The number of hydrogen-bond acceptors (Lipinski definition) is 4. The quantitative estimate of drug-likeness (QED) is 0.398. The van der Waals surface area contributed by atoms with Crippen LogP contribution in [0.25, 0.3) is 0 Å². The molecule has 0 bridgehead atoms. The van der Waals surface area contributed by atoms with Crippen molar-refractivity contribution in [3.05, 3.63) is 12.2 Å². The van der Waals surface area contributed by atoms with E-state index < -0.39 is 23.9 Å². The molecule has 0 atom stereocenters. The summed E-state index contributed by atoms with van der Waals surface area (Å²) in [5, 5.41) is 19.4. The van der Waals surface area contributed by atoms with E-state index in [4.69, 9.17) is 0 Å². The third-order valence-corrected chi connectivity index (χ3v) is 0.646. The molecule has 0 amide bonds. The largest absolute Gasteiger partial charge is 2.00 e. The molecule has 0 fully saturated rings. The summed E-state index contributed by atoms with van der Waals surface area (Å²) in [6, 6.07) is 0. The Morgan fingerprint density at radius 1 is 1.30 bits per heavy atom. The summed E-state index contributed by atoms with van der Waals surface area (Å²) in [5.41, 5.74) is -0.477. The van der Waals surface area contributed by atoms with Crippen LogP contribution in [0.1, 0.15) is 6.42 Å². The Bertz CT molecular complexity index is 163. The molecule has 59 valence electrons. The summed E-state index contributed by atoms with van der Waals surface area (Å²) >= 11 is 0. The van der Waals surface area contributed by atoms with Gasteiger partial charge < -0.3 is 19.8 Å². The van der Waals surface area contributed by atoms with Crippen molar-refractivity contribution < 1.29 is 42.2 Å². The third kappa shape index (κ3) is 5.56. The van der Waals surface area contributed by atoms with Crippen LogP contribution in [0.5, 0.6) is 0 Å². The van der Waals surface area contributed by atoms with Gasteiger partial charge >= 0.3 is 22.4 Å². The Hall–Kier alpha value is -0.580. The van der Waals surface area contributed by atoms with Crippen molar-refractivity contribution in [2.75, 3.05) is 0 Å². The van der Waals surface area contributed by atoms with Gasteiger partial charge in [0.15, 0.2) is 0 Å². The number of carboxylic acids is 2. The van der Waals surface area contributed by atoms with Crippen LogP contribution in [0.4, 0.5) is 0 Å². The van der Waals surface area contributed by atoms with Crippen LogP contribution in [0.15, 0.2) is 12.2 Å². The fraction of sp³-hybridized carbons (Fsp3) is 0.200. The first kappa shape index (κ1) is 12.1. The molecule has 1 radical (unpaired) electrons. The minimum Gasteiger partial charge on any atom is -0.550 e. The van der Waals surface area contributed by atoms with Gasteiger partial charge in [-0.3, -0.25) is 0 Å². The minimum atomic E-state index is -1.56. The SMILES string of the molecule is C=C(CC(=O)[O-])C(=O)[O-].[Ag+2]. The second-order valence-electron chi connectivity index (χ2n) is 1.44. The van der Waals surface area contributed by atoms with E-state index in [1.807, 2.05) is 0 Å². The molecular formula is C5H4AgO4. The third-order valence-electron chi connectivity index (χ3n) is 0.646. The van der Waals surface area contributed by atoms with Crippen molar-refractivity contribution in [2.45, 2.75) is 6.42 Å². The van der Waals surface area contributed by atoms with Crippen molar-refractivity contribution in [3.63, 3.8) is 0 Å². The van der Waals surface area contributed by atoms with E-state index in [0.717, 1.165) is 0 Å². The van der Waals surface area contributed by atoms with Crippen molar-refractivity contribution in [2.24, 2.45) is 0 Å². The average Bonchev–Trinajstić information content (AvgIpc) is 1.63. The molecule has 0 aliphatic carbocycles. The normalized spacial score (nSPS) is 7.60. The van der Waals surface area contributed by atoms with Crippen LogP contribution in [-0.4, -0.2) is 11.9 Å². The fourth-order valence-corrected chi connectivity index (χ4v) is 0.246. The van der Waals surface area contributed by atoms with E-state index in [0.29, 0.717) is 0 Å². The molecule has 10 heavy (non-hydrogen) atoms. The van der Waals surface area contributed by atoms with Gasteiger partial charge in [-0.2, -0.15) is 0 Å². The Morgan fingerprint density at radius 3 is 1.80 bits per heavy atom. The van der Waals surface area contributed by atoms with Crippen LogP contribution < -0.4 is 10.2 Å². The molecule has 0 aromatic carbocycles. The Morgan fingerprint density at radius 2 is 1.70 bits per heavy atom. The summed E-state index contributed by atoms with van der Waals surface area (Å²) in [6.45, 7) is 2.91. The second kappa shape index (κ2) is 5.22. The summed E-state index contributed by atoms with van der Waals surface area (Å²) in [5.74, 6) is -3.02. The number of carboxylic acid groups (broad SMARTS) is 2. The summed E-state index contributed by atoms with van der Waals surface area (Å²) in [4.78, 5) is 19.4. The van der Waals surface area contributed by atoms with Gasteiger partial charge in [0.2, 0.25) is 0 Å². The summed E-state index contributed by atoms with van der Waals surface area (Å²) in [6.07, 6.45) is -0.678. The first-order chi connectivity index (χ1) is 4.04. The molecule has 0 N–H and O–H groups in total. The van der Waals surface area contributed by atoms with E-state index in [-0.39, 0.29) is 22.4 Å². The Labute approximate surface area is 73.1 Å². The molecule has 0 saturated heterocycles. The molecule has 0 aliphatic rings. The van der Waals surface area contributed by atoms with Crippen molar-refractivity contribution in [1.82, 2.24) is 0 Å². The number of aliphatic carboxylic acids is 2. The van der Waals surface area contributed by atoms with Crippen molar-refractivity contribution in [1.29, 1.82) is 0 Å². The Kier molecular flexibility index (Phi) is 6.34. The Balaban J connectivity index is 0. The monoisotopic (exact) mass is 235 g/mol. The topological polar surface area (TPSA) is 80.3 Å². The molecule has 5 heteroatoms. The van der Waals surface area contributed by atoms with E-state index >= 15 is 0 Å². The maximum atomic E-state index is 9.73. The van der Waals surface area contributed by atoms with Crippen LogP contribution in [0.2, 0.25) is 0 Å². The number of carbonyl (C=O) groups is 2. The van der Waals surface area contributed by atoms with Crippen molar-refractivity contribution in [3.8, 4) is 0 Å². The van der Waals surface area contributed by atoms with E-state index in [1.54, 1.807) is 0 Å². The number of hydrogen-bond donors (Lipinski definition) is 0. The molecule has 0 aromatic heterocycles. The predicted octanol–water partition coefficient (Wildman–Crippen LogP) is -2.57. The minimum absolute atomic E-state index is 0. The first-order valence-corrected chi connectivity index (χ1v) is 2.13. The zero-order chi connectivity index (χ0) is 7.44. The second-order valence-corrected chi connectivity index (χ2v) is 1.44. The van der Waals surface area contributed by atoms with Gasteiger partial charge in [-0.05, 0) is 5.57 Å². The van der Waals surface area contributed by atoms with Gasteiger partial charge in [0, 0.05) is 12.4 Å². The number of carbonyl (C=O) groups excluding carboxylic acids is 2. The molecule has 0 rings (SSSR count). The van der Waals surface area contributed by atoms with Crippen LogP contribution in [0.3, 0.4) is 0 Å². The van der Waals surface area contributed by atoms with Crippen LogP contribution >= 0.6 is 0 Å². The van der Waals surface area contributed by atoms with E-state index in [1.165, 1.54) is 0 Å². The molecule has 0 aromatic rings. The first-order valence-electron chi connectivity index (χ1n) is 2.13.